The summed E-state index contributed by atoms with van der Waals surface area (Å²) in [5, 5.41) is 14.4. The van der Waals surface area contributed by atoms with E-state index in [-0.39, 0.29) is 24.0 Å². The normalized spacial score (nSPS) is 19.4. The molecular formula is C30H35ClN8O4. The van der Waals surface area contributed by atoms with E-state index in [1.54, 1.807) is 36.5 Å². The Morgan fingerprint density at radius 1 is 1.21 bits per heavy atom. The van der Waals surface area contributed by atoms with E-state index < -0.39 is 6.10 Å². The summed E-state index contributed by atoms with van der Waals surface area (Å²) < 4.78 is 5.16. The fraction of sp³-hybridized carbons (Fsp3) is 0.433. The van der Waals surface area contributed by atoms with Gasteiger partial charge >= 0.3 is 5.97 Å². The van der Waals surface area contributed by atoms with Crippen LogP contribution in [0.4, 0.5) is 11.6 Å². The van der Waals surface area contributed by atoms with Gasteiger partial charge < -0.3 is 30.0 Å². The minimum atomic E-state index is -0.832. The van der Waals surface area contributed by atoms with Gasteiger partial charge in [0.2, 0.25) is 5.95 Å². The van der Waals surface area contributed by atoms with E-state index >= 15 is 0 Å². The number of nitrogens with zero attached hydrogens (tertiary/aromatic N) is 5. The van der Waals surface area contributed by atoms with Gasteiger partial charge in [0.15, 0.2) is 5.65 Å². The van der Waals surface area contributed by atoms with Crippen molar-refractivity contribution in [2.45, 2.75) is 26.4 Å². The maximum Gasteiger partial charge on any atom is 0.309 e. The average Bonchev–Trinajstić information content (AvgIpc) is 3.63. The lowest BCUT2D eigenvalue weighted by atomic mass is 10.1. The van der Waals surface area contributed by atoms with Crippen molar-refractivity contribution >= 4 is 40.4 Å². The maximum atomic E-state index is 13.0. The number of rotatable bonds is 10. The Balaban J connectivity index is 1.15. The van der Waals surface area contributed by atoms with Crippen LogP contribution < -0.4 is 15.8 Å². The Bertz CT molecular complexity index is 1680. The number of benzene rings is 1. The van der Waals surface area contributed by atoms with Crippen LogP contribution in [0.25, 0.3) is 22.6 Å². The Kier molecular flexibility index (Phi) is 8.33. The minimum Gasteiger partial charge on any atom is -0.466 e. The zero-order valence-electron chi connectivity index (χ0n) is 24.1. The molecule has 1 aliphatic carbocycles. The van der Waals surface area contributed by atoms with Gasteiger partial charge in [0.25, 0.3) is 5.56 Å². The predicted molar refractivity (Wildman–Crippen MR) is 164 cm³/mol. The molecule has 1 aliphatic heterocycles. The summed E-state index contributed by atoms with van der Waals surface area (Å²) in [7, 11) is 0. The number of aromatic nitrogens is 5. The van der Waals surface area contributed by atoms with E-state index in [0.717, 1.165) is 44.8 Å². The molecule has 0 bridgehead atoms. The van der Waals surface area contributed by atoms with Gasteiger partial charge in [0.1, 0.15) is 16.9 Å². The molecule has 226 valence electrons. The number of pyridine rings is 1. The monoisotopic (exact) mass is 606 g/mol. The summed E-state index contributed by atoms with van der Waals surface area (Å²) in [6, 6.07) is 8.76. The lowest BCUT2D eigenvalue weighted by Crippen LogP contribution is -2.47. The molecule has 4 aromatic rings. The van der Waals surface area contributed by atoms with Gasteiger partial charge in [0, 0.05) is 50.5 Å². The van der Waals surface area contributed by atoms with Gasteiger partial charge in [-0.05, 0) is 49.9 Å². The van der Waals surface area contributed by atoms with E-state index in [2.05, 4.69) is 25.1 Å². The second-order valence-electron chi connectivity index (χ2n) is 11.1. The molecule has 0 amide bonds. The second-order valence-corrected chi connectivity index (χ2v) is 11.5. The molecule has 3 aromatic heterocycles. The van der Waals surface area contributed by atoms with E-state index in [9.17, 15) is 14.7 Å². The zero-order valence-corrected chi connectivity index (χ0v) is 24.9. The molecular weight excluding hydrogens is 572 g/mol. The third kappa shape index (κ3) is 6.36. The van der Waals surface area contributed by atoms with Crippen LogP contribution in [-0.4, -0.2) is 86.8 Å². The number of halogens is 1. The highest BCUT2D eigenvalue weighted by molar-refractivity contribution is 6.30. The van der Waals surface area contributed by atoms with Gasteiger partial charge in [-0.15, -0.1) is 0 Å². The number of fused-ring (bicyclic) bond motifs is 1. The van der Waals surface area contributed by atoms with Crippen LogP contribution in [0.2, 0.25) is 5.02 Å². The van der Waals surface area contributed by atoms with Crippen LogP contribution in [-0.2, 0) is 9.53 Å². The number of esters is 1. The number of imidazole rings is 1. The van der Waals surface area contributed by atoms with Crippen LogP contribution in [0.3, 0.4) is 0 Å². The summed E-state index contributed by atoms with van der Waals surface area (Å²) in [5.74, 6) is 1.31. The first-order valence-corrected chi connectivity index (χ1v) is 15.0. The number of nitrogens with one attached hydrogen (secondary N) is 3. The van der Waals surface area contributed by atoms with Crippen molar-refractivity contribution < 1.29 is 14.6 Å². The molecule has 2 fully saturated rings. The number of aliphatic hydroxyl groups is 1. The van der Waals surface area contributed by atoms with Crippen molar-refractivity contribution in [3.05, 3.63) is 63.2 Å². The highest BCUT2D eigenvalue weighted by atomic mass is 35.5. The van der Waals surface area contributed by atoms with Gasteiger partial charge in [-0.2, -0.15) is 4.98 Å². The topological polar surface area (TPSA) is 152 Å². The molecule has 1 saturated heterocycles. The number of ether oxygens (including phenoxy) is 1. The average molecular weight is 607 g/mol. The summed E-state index contributed by atoms with van der Waals surface area (Å²) >= 11 is 6.07. The molecule has 12 nitrogen and oxygen atoms in total. The zero-order chi connectivity index (χ0) is 30.1. The molecule has 6 rings (SSSR count). The number of H-pyrrole nitrogens is 2. The SMILES string of the molecule is CCOC(=O)C1CC1CN1CCN(c2nc(C)c3[nH]c(-c4c(NC[C@@H](O)c5cccc(Cl)c5)cc[nH]c4=O)nc3n2)CC1. The van der Waals surface area contributed by atoms with E-state index in [4.69, 9.17) is 31.3 Å². The van der Waals surface area contributed by atoms with Crippen molar-refractivity contribution in [1.29, 1.82) is 0 Å². The van der Waals surface area contributed by atoms with E-state index in [1.807, 2.05) is 13.8 Å². The number of hydrogen-bond acceptors (Lipinski definition) is 10. The summed E-state index contributed by atoms with van der Waals surface area (Å²) in [6.45, 7) is 8.46. The molecule has 13 heteroatoms. The van der Waals surface area contributed by atoms with Crippen LogP contribution in [0, 0.1) is 18.8 Å². The molecule has 4 heterocycles. The predicted octanol–water partition coefficient (Wildman–Crippen LogP) is 3.14. The van der Waals surface area contributed by atoms with Gasteiger partial charge in [-0.1, -0.05) is 23.7 Å². The quantitative estimate of drug-likeness (QED) is 0.198. The third-order valence-electron chi connectivity index (χ3n) is 8.10. The molecule has 0 spiro atoms. The molecule has 1 saturated carbocycles. The van der Waals surface area contributed by atoms with Gasteiger partial charge in [-0.25, -0.2) is 9.97 Å². The number of aryl methyl sites for hydroxylation is 1. The number of aromatic amines is 2. The molecule has 1 aromatic carbocycles. The van der Waals surface area contributed by atoms with E-state index in [1.165, 1.54) is 0 Å². The number of anilines is 2. The van der Waals surface area contributed by atoms with Crippen molar-refractivity contribution in [3.8, 4) is 11.4 Å². The van der Waals surface area contributed by atoms with Crippen molar-refractivity contribution in [2.24, 2.45) is 11.8 Å². The number of carbonyl (C=O) groups is 1. The summed E-state index contributed by atoms with van der Waals surface area (Å²) in [4.78, 5) is 49.6. The number of aliphatic hydroxyl groups excluding tert-OH is 1. The molecule has 43 heavy (non-hydrogen) atoms. The number of hydrogen-bond donors (Lipinski definition) is 4. The first-order valence-electron chi connectivity index (χ1n) is 14.6. The fourth-order valence-electron chi connectivity index (χ4n) is 5.63. The lowest BCUT2D eigenvalue weighted by molar-refractivity contribution is -0.145. The molecule has 3 atom stereocenters. The van der Waals surface area contributed by atoms with Gasteiger partial charge in [-0.3, -0.25) is 14.5 Å². The molecule has 4 N–H and O–H groups in total. The maximum absolute atomic E-state index is 13.0. The smallest absolute Gasteiger partial charge is 0.309 e. The van der Waals surface area contributed by atoms with Crippen LogP contribution >= 0.6 is 11.6 Å². The Labute approximate surface area is 253 Å². The number of carbonyl (C=O) groups excluding carboxylic acids is 1. The van der Waals surface area contributed by atoms with Crippen LogP contribution in [0.5, 0.6) is 0 Å². The highest BCUT2D eigenvalue weighted by Crippen LogP contribution is 2.40. The Morgan fingerprint density at radius 2 is 2.02 bits per heavy atom. The second kappa shape index (κ2) is 12.3. The standard InChI is InChI=1S/C30H35ClN8O4/c1-3-43-29(42)21-14-19(21)16-38-9-11-39(12-10-38)30-34-17(2)25-27(37-30)36-26(35-25)24-22(7-8-32-28(24)41)33-15-23(40)18-5-4-6-20(31)13-18/h4-8,13,19,21,23,40H,3,9-12,14-16H2,1-2H3,(H2,32,33,41)(H,34,35,36,37)/t19?,21?,23-/m1/s1. The van der Waals surface area contributed by atoms with Gasteiger partial charge in [0.05, 0.1) is 30.0 Å². The Hall–Kier alpha value is -4.00. The highest BCUT2D eigenvalue weighted by Gasteiger charge is 2.45. The number of piperazine rings is 1. The van der Waals surface area contributed by atoms with Crippen molar-refractivity contribution in [1.82, 2.24) is 29.8 Å². The Morgan fingerprint density at radius 3 is 2.79 bits per heavy atom. The van der Waals surface area contributed by atoms with Crippen LogP contribution in [0.15, 0.2) is 41.3 Å². The van der Waals surface area contributed by atoms with Crippen molar-refractivity contribution in [3.63, 3.8) is 0 Å². The molecule has 0 radical (unpaired) electrons. The van der Waals surface area contributed by atoms with Crippen molar-refractivity contribution in [2.75, 3.05) is 56.1 Å². The molecule has 2 aliphatic rings. The first kappa shape index (κ1) is 29.1. The summed E-state index contributed by atoms with van der Waals surface area (Å²) in [5.41, 5.74) is 3.04. The minimum absolute atomic E-state index is 0.0424. The largest absolute Gasteiger partial charge is 0.466 e. The van der Waals surface area contributed by atoms with Crippen LogP contribution in [0.1, 0.15) is 30.7 Å². The summed E-state index contributed by atoms with van der Waals surface area (Å²) in [6.07, 6.45) is 1.62. The third-order valence-corrected chi connectivity index (χ3v) is 8.33. The first-order chi connectivity index (χ1) is 20.8. The fourth-order valence-corrected chi connectivity index (χ4v) is 5.83. The molecule has 2 unspecified atom stereocenters. The van der Waals surface area contributed by atoms with E-state index in [0.29, 0.717) is 57.3 Å². The lowest BCUT2D eigenvalue weighted by Gasteiger charge is -2.34.